The van der Waals surface area contributed by atoms with Crippen LogP contribution in [0.25, 0.3) is 10.9 Å². The molecule has 1 saturated heterocycles. The summed E-state index contributed by atoms with van der Waals surface area (Å²) in [6.07, 6.45) is 1.93. The van der Waals surface area contributed by atoms with Gasteiger partial charge in [0.25, 0.3) is 5.91 Å². The number of amides is 4. The number of hydrogen-bond acceptors (Lipinski definition) is 11. The fourth-order valence-electron chi connectivity index (χ4n) is 5.83. The molecule has 1 saturated carbocycles. The molecule has 0 spiro atoms. The number of ketones is 2. The van der Waals surface area contributed by atoms with Crippen molar-refractivity contribution in [2.24, 2.45) is 5.41 Å². The van der Waals surface area contributed by atoms with Gasteiger partial charge >= 0.3 is 6.09 Å². The van der Waals surface area contributed by atoms with Gasteiger partial charge in [-0.1, -0.05) is 13.8 Å². The molecule has 1 aromatic heterocycles. The number of nitriles is 1. The molecule has 1 aliphatic heterocycles. The van der Waals surface area contributed by atoms with Crippen LogP contribution in [0.3, 0.4) is 0 Å². The third kappa shape index (κ3) is 9.49. The molecule has 2 unspecified atom stereocenters. The van der Waals surface area contributed by atoms with E-state index in [9.17, 15) is 39.1 Å². The summed E-state index contributed by atoms with van der Waals surface area (Å²) < 4.78 is 5.80. The van der Waals surface area contributed by atoms with E-state index in [4.69, 9.17) is 4.74 Å². The summed E-state index contributed by atoms with van der Waals surface area (Å²) in [6.45, 7) is 5.54. The third-order valence-corrected chi connectivity index (χ3v) is 8.23. The van der Waals surface area contributed by atoms with Crippen molar-refractivity contribution < 1.29 is 38.6 Å². The number of nitrogens with one attached hydrogen (secondary N) is 4. The Hall–Kier alpha value is -5.59. The minimum absolute atomic E-state index is 0.0429. The van der Waals surface area contributed by atoms with Crippen LogP contribution in [-0.2, 0) is 19.2 Å². The molecule has 0 radical (unpaired) electrons. The number of carbonyl (C=O) groups excluding carboxylic acids is 5. The lowest BCUT2D eigenvalue weighted by molar-refractivity contribution is -0.130. The zero-order chi connectivity index (χ0) is 35.7. The summed E-state index contributed by atoms with van der Waals surface area (Å²) in [5.74, 6) is -1.73. The summed E-state index contributed by atoms with van der Waals surface area (Å²) in [4.78, 5) is 84.5. The number of likely N-dealkylation sites (tertiary alicyclic amines) is 1. The van der Waals surface area contributed by atoms with Crippen LogP contribution < -0.4 is 26.0 Å². The van der Waals surface area contributed by atoms with Crippen molar-refractivity contribution in [2.75, 3.05) is 32.8 Å². The van der Waals surface area contributed by atoms with Crippen LogP contribution in [-0.4, -0.2) is 100 Å². The molecule has 2 aromatic rings. The molecule has 5 N–H and O–H groups in total. The van der Waals surface area contributed by atoms with Gasteiger partial charge in [0.05, 0.1) is 30.3 Å². The Morgan fingerprint density at radius 2 is 1.86 bits per heavy atom. The maximum atomic E-state index is 12.9. The Bertz CT molecular complexity index is 1690. The number of fused-ring (bicyclic) bond motifs is 1. The van der Waals surface area contributed by atoms with Gasteiger partial charge in [0, 0.05) is 43.6 Å². The molecule has 2 aliphatic rings. The second-order valence-electron chi connectivity index (χ2n) is 12.7. The van der Waals surface area contributed by atoms with Crippen molar-refractivity contribution in [3.8, 4) is 11.8 Å². The van der Waals surface area contributed by atoms with Gasteiger partial charge < -0.3 is 36.0 Å². The van der Waals surface area contributed by atoms with Crippen molar-refractivity contribution in [1.29, 1.82) is 5.26 Å². The number of hydrogen-bond donors (Lipinski definition) is 5. The highest BCUT2D eigenvalue weighted by Crippen LogP contribution is 2.34. The highest BCUT2D eigenvalue weighted by Gasteiger charge is 2.37. The Balaban J connectivity index is 1.28. The van der Waals surface area contributed by atoms with Gasteiger partial charge in [0.15, 0.2) is 11.6 Å². The lowest BCUT2D eigenvalue weighted by Crippen LogP contribution is -2.51. The van der Waals surface area contributed by atoms with Crippen LogP contribution in [0.4, 0.5) is 4.79 Å². The molecule has 49 heavy (non-hydrogen) atoms. The first-order valence-electron chi connectivity index (χ1n) is 15.9. The SMILES string of the molecule is CC(NCC(NC(=O)O)C(=O)NCCCOc1ccc2ncnc(C(=O)NCC(=O)N3CCCC3C#N)c2c1)=C1C(=O)CC(C)(C)CC1=O. The summed E-state index contributed by atoms with van der Waals surface area (Å²) in [7, 11) is 0. The van der Waals surface area contributed by atoms with Gasteiger partial charge in [0.2, 0.25) is 11.8 Å². The van der Waals surface area contributed by atoms with Crippen LogP contribution in [0, 0.1) is 16.7 Å². The molecule has 16 nitrogen and oxygen atoms in total. The molecule has 4 rings (SSSR count). The first-order valence-corrected chi connectivity index (χ1v) is 15.9. The van der Waals surface area contributed by atoms with E-state index in [0.717, 1.165) is 6.42 Å². The summed E-state index contributed by atoms with van der Waals surface area (Å²) in [5.41, 5.74) is 0.423. The van der Waals surface area contributed by atoms with Gasteiger partial charge in [-0.3, -0.25) is 24.0 Å². The predicted octanol–water partition coefficient (Wildman–Crippen LogP) is 1.22. The average molecular weight is 677 g/mol. The van der Waals surface area contributed by atoms with E-state index in [1.54, 1.807) is 25.1 Å². The number of rotatable bonds is 13. The predicted molar refractivity (Wildman–Crippen MR) is 174 cm³/mol. The zero-order valence-electron chi connectivity index (χ0n) is 27.6. The van der Waals surface area contributed by atoms with Gasteiger partial charge in [-0.05, 0) is 49.8 Å². The van der Waals surface area contributed by atoms with Gasteiger partial charge in [-0.25, -0.2) is 14.8 Å². The van der Waals surface area contributed by atoms with Crippen molar-refractivity contribution in [2.45, 2.75) is 65.0 Å². The third-order valence-electron chi connectivity index (χ3n) is 8.23. The molecule has 2 atom stereocenters. The minimum atomic E-state index is -1.42. The topological polar surface area (TPSA) is 233 Å². The maximum absolute atomic E-state index is 12.9. The Labute approximate surface area is 282 Å². The molecule has 2 heterocycles. The quantitative estimate of drug-likeness (QED) is 0.114. The van der Waals surface area contributed by atoms with Gasteiger partial charge in [0.1, 0.15) is 29.9 Å². The van der Waals surface area contributed by atoms with Crippen LogP contribution >= 0.6 is 0 Å². The molecule has 0 bridgehead atoms. The number of allylic oxidation sites excluding steroid dienone is 2. The lowest BCUT2D eigenvalue weighted by atomic mass is 9.73. The van der Waals surface area contributed by atoms with E-state index in [-0.39, 0.29) is 73.5 Å². The average Bonchev–Trinajstić information content (AvgIpc) is 3.53. The van der Waals surface area contributed by atoms with E-state index in [2.05, 4.69) is 37.3 Å². The highest BCUT2D eigenvalue weighted by atomic mass is 16.5. The molecule has 1 aromatic carbocycles. The summed E-state index contributed by atoms with van der Waals surface area (Å²) >= 11 is 0. The summed E-state index contributed by atoms with van der Waals surface area (Å²) in [5, 5.41) is 29.1. The van der Waals surface area contributed by atoms with Crippen molar-refractivity contribution >= 4 is 46.3 Å². The van der Waals surface area contributed by atoms with Gasteiger partial charge in [-0.2, -0.15) is 5.26 Å². The number of carbonyl (C=O) groups is 6. The molecule has 2 fully saturated rings. The molecular formula is C33H40N8O8. The number of ether oxygens (including phenoxy) is 1. The van der Waals surface area contributed by atoms with Crippen LogP contribution in [0.5, 0.6) is 5.75 Å². The largest absolute Gasteiger partial charge is 0.494 e. The molecule has 4 amide bonds. The second kappa shape index (κ2) is 16.0. The maximum Gasteiger partial charge on any atom is 0.405 e. The van der Waals surface area contributed by atoms with Gasteiger partial charge in [-0.15, -0.1) is 0 Å². The molecule has 260 valence electrons. The van der Waals surface area contributed by atoms with E-state index in [1.807, 2.05) is 13.8 Å². The lowest BCUT2D eigenvalue weighted by Gasteiger charge is -2.29. The van der Waals surface area contributed by atoms with E-state index in [1.165, 1.54) is 11.2 Å². The Kier molecular flexibility index (Phi) is 11.8. The van der Waals surface area contributed by atoms with E-state index >= 15 is 0 Å². The second-order valence-corrected chi connectivity index (χ2v) is 12.7. The molecule has 16 heteroatoms. The number of aromatic nitrogens is 2. The Morgan fingerprint density at radius 1 is 1.12 bits per heavy atom. The van der Waals surface area contributed by atoms with Crippen molar-refractivity contribution in [1.82, 2.24) is 36.1 Å². The highest BCUT2D eigenvalue weighted by molar-refractivity contribution is 6.22. The number of Topliss-reactive ketones (excluding diaryl/α,β-unsaturated/α-hetero) is 2. The zero-order valence-corrected chi connectivity index (χ0v) is 27.6. The number of benzene rings is 1. The molecular weight excluding hydrogens is 636 g/mol. The van der Waals surface area contributed by atoms with Crippen LogP contribution in [0.15, 0.2) is 35.8 Å². The van der Waals surface area contributed by atoms with Crippen molar-refractivity contribution in [3.05, 3.63) is 41.5 Å². The first-order chi connectivity index (χ1) is 23.3. The minimum Gasteiger partial charge on any atom is -0.494 e. The van der Waals surface area contributed by atoms with E-state index in [0.29, 0.717) is 36.0 Å². The van der Waals surface area contributed by atoms with E-state index < -0.39 is 35.4 Å². The van der Waals surface area contributed by atoms with Crippen LogP contribution in [0.2, 0.25) is 0 Å². The monoisotopic (exact) mass is 676 g/mol. The number of nitrogens with zero attached hydrogens (tertiary/aromatic N) is 4. The van der Waals surface area contributed by atoms with Crippen molar-refractivity contribution in [3.63, 3.8) is 0 Å². The first kappa shape index (κ1) is 36.2. The normalized spacial score (nSPS) is 17.6. The smallest absolute Gasteiger partial charge is 0.405 e. The number of carboxylic acid groups (broad SMARTS) is 1. The standard InChI is InChI=1S/C33H40N8O8/c1-19(28-25(42)13-33(2,3)14-26(28)43)36-16-24(40-32(47)48)30(45)35-9-5-11-49-21-7-8-23-22(12-21)29(39-18-38-23)31(46)37-17-27(44)41-10-4-6-20(41)15-34/h7-8,12,18,20,24,36,40H,4-6,9-11,13-14,16-17H2,1-3H3,(H,35,45)(H,37,46)(H,47,48). The summed E-state index contributed by atoms with van der Waals surface area (Å²) in [6, 6.07) is 5.30. The fraction of sp³-hybridized carbons (Fsp3) is 0.485. The fourth-order valence-corrected chi connectivity index (χ4v) is 5.83. The Morgan fingerprint density at radius 3 is 2.55 bits per heavy atom. The van der Waals surface area contributed by atoms with Crippen LogP contribution in [0.1, 0.15) is 63.4 Å². The molecule has 1 aliphatic carbocycles.